The Bertz CT molecular complexity index is 2790. The molecule has 5 atom stereocenters. The van der Waals surface area contributed by atoms with E-state index in [4.69, 9.17) is 14.7 Å². The Labute approximate surface area is 336 Å². The van der Waals surface area contributed by atoms with E-state index in [1.807, 2.05) is 11.3 Å². The summed E-state index contributed by atoms with van der Waals surface area (Å²) < 4.78 is 8.04. The molecule has 0 saturated heterocycles. The van der Waals surface area contributed by atoms with Crippen molar-refractivity contribution in [2.45, 2.75) is 55.8 Å². The van der Waals surface area contributed by atoms with Crippen LogP contribution in [0.15, 0.2) is 173 Å². The van der Waals surface area contributed by atoms with Crippen molar-refractivity contribution < 1.29 is 4.74 Å². The van der Waals surface area contributed by atoms with Gasteiger partial charge in [-0.3, -0.25) is 0 Å². The molecule has 276 valence electrons. The van der Waals surface area contributed by atoms with E-state index in [0.29, 0.717) is 5.92 Å². The molecule has 5 nitrogen and oxygen atoms in total. The monoisotopic (exact) mass is 756 g/mol. The molecule has 57 heavy (non-hydrogen) atoms. The average molecular weight is 757 g/mol. The normalized spacial score (nSPS) is 24.9. The number of amidine groups is 2. The summed E-state index contributed by atoms with van der Waals surface area (Å²) in [5, 5.41) is 5.08. The standard InChI is InChI=1S/C51H40N4OS/c1-3-12-31(13-4-1)33-22-25-37-36-16-7-9-20-43(36)55(44(37)28-33)35-24-27-45-42(30-35)38-26-23-34(29-46(38)56-45)50-52-49(32-14-5-2-6-15-32)53-51(54-50)41-19-11-18-40-39-17-8-10-21-47(39)57-48(40)41/h1-5,7-9,11-14,16-20,22-30,37-38,44,46,49H,6,10,15,21H2,(H,52,53,54). The lowest BCUT2D eigenvalue weighted by Crippen LogP contribution is -2.40. The van der Waals surface area contributed by atoms with E-state index in [-0.39, 0.29) is 24.2 Å². The van der Waals surface area contributed by atoms with Crippen LogP contribution in [-0.4, -0.2) is 30.0 Å². The summed E-state index contributed by atoms with van der Waals surface area (Å²) in [6.45, 7) is 0. The number of aliphatic imine (C=N–C) groups is 2. The number of hydrogen-bond donors (Lipinski definition) is 1. The number of hydrogen-bond acceptors (Lipinski definition) is 6. The second-order valence-corrected chi connectivity index (χ2v) is 16.9. The molecule has 1 aromatic heterocycles. The molecule has 12 rings (SSSR count). The molecule has 0 amide bonds. The number of allylic oxidation sites excluding steroid dienone is 6. The number of ether oxygens (including phenoxy) is 1. The molecule has 0 bridgehead atoms. The van der Waals surface area contributed by atoms with Crippen molar-refractivity contribution >= 4 is 56.1 Å². The first kappa shape index (κ1) is 33.0. The Balaban J connectivity index is 0.888. The van der Waals surface area contributed by atoms with Crippen molar-refractivity contribution in [1.29, 1.82) is 0 Å². The van der Waals surface area contributed by atoms with Crippen LogP contribution in [0.1, 0.15) is 63.8 Å². The molecule has 0 fully saturated rings. The van der Waals surface area contributed by atoms with Gasteiger partial charge in [0.15, 0.2) is 5.84 Å². The van der Waals surface area contributed by atoms with Crippen molar-refractivity contribution in [3.8, 4) is 5.75 Å². The molecular weight excluding hydrogens is 717 g/mol. The van der Waals surface area contributed by atoms with Gasteiger partial charge < -0.3 is 15.0 Å². The van der Waals surface area contributed by atoms with E-state index >= 15 is 0 Å². The number of fused-ring (bicyclic) bond motifs is 9. The van der Waals surface area contributed by atoms with Crippen LogP contribution in [0.2, 0.25) is 0 Å². The van der Waals surface area contributed by atoms with Crippen LogP contribution in [0.5, 0.6) is 5.75 Å². The highest BCUT2D eigenvalue weighted by molar-refractivity contribution is 7.19. The van der Waals surface area contributed by atoms with Crippen LogP contribution in [0.4, 0.5) is 11.4 Å². The van der Waals surface area contributed by atoms with Gasteiger partial charge in [0.25, 0.3) is 0 Å². The van der Waals surface area contributed by atoms with E-state index in [0.717, 1.165) is 54.2 Å². The second kappa shape index (κ2) is 13.2. The highest BCUT2D eigenvalue weighted by Gasteiger charge is 2.40. The number of aryl methyl sites for hydroxylation is 1. The fraction of sp³-hybridized carbons (Fsp3) is 0.176. The maximum absolute atomic E-state index is 6.75. The third-order valence-electron chi connectivity index (χ3n) is 12.5. The molecule has 5 aromatic rings. The van der Waals surface area contributed by atoms with Crippen LogP contribution < -0.4 is 15.0 Å². The molecule has 1 N–H and O–H groups in total. The number of thiophene rings is 1. The fourth-order valence-electron chi connectivity index (χ4n) is 9.77. The molecule has 0 radical (unpaired) electrons. The number of anilines is 2. The molecule has 4 aliphatic carbocycles. The van der Waals surface area contributed by atoms with Gasteiger partial charge in [-0.15, -0.1) is 11.3 Å². The van der Waals surface area contributed by atoms with Gasteiger partial charge in [0.1, 0.15) is 23.9 Å². The van der Waals surface area contributed by atoms with Gasteiger partial charge in [0.05, 0.1) is 6.04 Å². The zero-order chi connectivity index (χ0) is 37.5. The number of rotatable bonds is 5. The SMILES string of the molecule is C1=CCCC(C2N=C(C3=CC4Oc5ccc(N6c7ccccc7C7C=CC(c8ccccc8)=CC76)cc5C4C=C3)N=C(c3cccc4c5c(sc34)CCC=C5)N2)=C1. The molecule has 7 aliphatic rings. The van der Waals surface area contributed by atoms with Gasteiger partial charge in [0.2, 0.25) is 0 Å². The van der Waals surface area contributed by atoms with Gasteiger partial charge in [0, 0.05) is 54.9 Å². The van der Waals surface area contributed by atoms with Crippen molar-refractivity contribution in [2.75, 3.05) is 4.90 Å². The number of para-hydroxylation sites is 1. The predicted molar refractivity (Wildman–Crippen MR) is 236 cm³/mol. The summed E-state index contributed by atoms with van der Waals surface area (Å²) >= 11 is 1.91. The van der Waals surface area contributed by atoms with Crippen molar-refractivity contribution in [3.05, 3.63) is 196 Å². The maximum Gasteiger partial charge on any atom is 0.159 e. The highest BCUT2D eigenvalue weighted by atomic mass is 32.1. The molecule has 0 spiro atoms. The molecule has 5 unspecified atom stereocenters. The lowest BCUT2D eigenvalue weighted by atomic mass is 9.86. The number of nitrogens with zero attached hydrogens (tertiary/aromatic N) is 3. The Hall–Kier alpha value is -6.24. The molecular formula is C51H40N4OS. The first-order valence-electron chi connectivity index (χ1n) is 20.3. The topological polar surface area (TPSA) is 49.2 Å². The molecule has 4 heterocycles. The van der Waals surface area contributed by atoms with E-state index in [1.54, 1.807) is 0 Å². The van der Waals surface area contributed by atoms with Gasteiger partial charge in [-0.05, 0) is 89.9 Å². The summed E-state index contributed by atoms with van der Waals surface area (Å²) in [6, 6.07) is 33.2. The summed E-state index contributed by atoms with van der Waals surface area (Å²) in [6.07, 6.45) is 29.0. The molecule has 6 heteroatoms. The third kappa shape index (κ3) is 5.42. The van der Waals surface area contributed by atoms with Gasteiger partial charge in [-0.25, -0.2) is 9.98 Å². The van der Waals surface area contributed by atoms with E-state index in [2.05, 4.69) is 168 Å². The van der Waals surface area contributed by atoms with Crippen molar-refractivity contribution in [1.82, 2.24) is 5.32 Å². The highest BCUT2D eigenvalue weighted by Crippen LogP contribution is 2.51. The number of nitrogens with one attached hydrogen (secondary N) is 1. The molecule has 0 saturated carbocycles. The Morgan fingerprint density at radius 1 is 0.772 bits per heavy atom. The Kier molecular flexibility index (Phi) is 7.62. The van der Waals surface area contributed by atoms with Crippen molar-refractivity contribution in [3.63, 3.8) is 0 Å². The quantitative estimate of drug-likeness (QED) is 0.194. The average Bonchev–Trinajstić information content (AvgIpc) is 3.95. The summed E-state index contributed by atoms with van der Waals surface area (Å²) in [7, 11) is 0. The minimum atomic E-state index is -0.184. The van der Waals surface area contributed by atoms with Crippen molar-refractivity contribution in [2.24, 2.45) is 9.98 Å². The zero-order valence-corrected chi connectivity index (χ0v) is 32.2. The first-order valence-corrected chi connectivity index (χ1v) is 21.1. The van der Waals surface area contributed by atoms with Gasteiger partial charge >= 0.3 is 0 Å². The minimum Gasteiger partial charge on any atom is -0.485 e. The lowest BCUT2D eigenvalue weighted by molar-refractivity contribution is 0.268. The Morgan fingerprint density at radius 2 is 1.65 bits per heavy atom. The first-order chi connectivity index (χ1) is 28.2. The third-order valence-corrected chi connectivity index (χ3v) is 13.9. The van der Waals surface area contributed by atoms with Crippen LogP contribution in [-0.2, 0) is 6.42 Å². The predicted octanol–water partition coefficient (Wildman–Crippen LogP) is 11.5. The van der Waals surface area contributed by atoms with Crippen LogP contribution in [0, 0.1) is 0 Å². The summed E-state index contributed by atoms with van der Waals surface area (Å²) in [4.78, 5) is 14.6. The molecule has 3 aliphatic heterocycles. The van der Waals surface area contributed by atoms with Crippen LogP contribution >= 0.6 is 11.3 Å². The van der Waals surface area contributed by atoms with Crippen LogP contribution in [0.25, 0.3) is 21.7 Å². The van der Waals surface area contributed by atoms with Gasteiger partial charge in [-0.1, -0.05) is 121 Å². The van der Waals surface area contributed by atoms with E-state index < -0.39 is 0 Å². The largest absolute Gasteiger partial charge is 0.485 e. The van der Waals surface area contributed by atoms with Gasteiger partial charge in [-0.2, -0.15) is 0 Å². The van der Waals surface area contributed by atoms with Crippen LogP contribution in [0.3, 0.4) is 0 Å². The lowest BCUT2D eigenvalue weighted by Gasteiger charge is -2.30. The fourth-order valence-corrected chi connectivity index (χ4v) is 11.1. The van der Waals surface area contributed by atoms with E-state index in [1.165, 1.54) is 59.7 Å². The zero-order valence-electron chi connectivity index (χ0n) is 31.4. The maximum atomic E-state index is 6.75. The Morgan fingerprint density at radius 3 is 2.58 bits per heavy atom. The smallest absolute Gasteiger partial charge is 0.159 e. The second-order valence-electron chi connectivity index (χ2n) is 15.8. The molecule has 4 aromatic carbocycles. The number of benzene rings is 4. The minimum absolute atomic E-state index is 0.103. The van der Waals surface area contributed by atoms with E-state index in [9.17, 15) is 0 Å². The summed E-state index contributed by atoms with van der Waals surface area (Å²) in [5.41, 5.74) is 12.4. The summed E-state index contributed by atoms with van der Waals surface area (Å²) in [5.74, 6) is 2.98.